The maximum absolute atomic E-state index is 13.5. The fourth-order valence-corrected chi connectivity index (χ4v) is 2.92. The third-order valence-electron chi connectivity index (χ3n) is 4.04. The summed E-state index contributed by atoms with van der Waals surface area (Å²) in [5, 5.41) is 9.61. The van der Waals surface area contributed by atoms with Crippen molar-refractivity contribution in [3.05, 3.63) is 47.7 Å². The molecule has 2 heterocycles. The zero-order valence-electron chi connectivity index (χ0n) is 13.8. The maximum atomic E-state index is 13.5. The van der Waals surface area contributed by atoms with Gasteiger partial charge in [-0.25, -0.2) is 4.68 Å². The van der Waals surface area contributed by atoms with E-state index in [1.54, 1.807) is 38.1 Å². The van der Waals surface area contributed by atoms with Gasteiger partial charge >= 0.3 is 6.18 Å². The molecule has 1 aromatic heterocycles. The number of nitrogens with one attached hydrogen (secondary N) is 2. The number of anilines is 1. The van der Waals surface area contributed by atoms with Gasteiger partial charge in [0, 0.05) is 18.5 Å². The van der Waals surface area contributed by atoms with Crippen LogP contribution in [-0.2, 0) is 0 Å². The van der Waals surface area contributed by atoms with Gasteiger partial charge in [0.25, 0.3) is 5.91 Å². The number of rotatable bonds is 3. The molecule has 0 fully saturated rings. The summed E-state index contributed by atoms with van der Waals surface area (Å²) in [5.41, 5.74) is 0.733. The standard InChI is InChI=1S/C17H19F3N4O/c1-10(2)21-16(25)13-9-15-22-12(11-6-4-3-5-7-11)8-14(17(18,19)20)24(15)23-13/h3-7,9-10,12,14,22H,8H2,1-2H3,(H,21,25). The van der Waals surface area contributed by atoms with Crippen LogP contribution in [0.15, 0.2) is 36.4 Å². The highest BCUT2D eigenvalue weighted by Crippen LogP contribution is 2.43. The van der Waals surface area contributed by atoms with Crippen LogP contribution in [0.4, 0.5) is 19.0 Å². The van der Waals surface area contributed by atoms with Crippen LogP contribution in [0, 0.1) is 0 Å². The number of fused-ring (bicyclic) bond motifs is 1. The maximum Gasteiger partial charge on any atom is 0.410 e. The number of benzene rings is 1. The summed E-state index contributed by atoms with van der Waals surface area (Å²) < 4.78 is 41.5. The topological polar surface area (TPSA) is 59.0 Å². The van der Waals surface area contributed by atoms with Crippen molar-refractivity contribution >= 4 is 11.7 Å². The first-order valence-corrected chi connectivity index (χ1v) is 8.04. The van der Waals surface area contributed by atoms with Crippen LogP contribution in [0.1, 0.15) is 48.4 Å². The van der Waals surface area contributed by atoms with Gasteiger partial charge in [0.1, 0.15) is 5.82 Å². The average molecular weight is 352 g/mol. The van der Waals surface area contributed by atoms with Crippen LogP contribution in [0.25, 0.3) is 0 Å². The minimum absolute atomic E-state index is 0.0286. The summed E-state index contributed by atoms with van der Waals surface area (Å²) in [5.74, 6) is -0.299. The van der Waals surface area contributed by atoms with Gasteiger partial charge in [0.05, 0.1) is 6.04 Å². The Hall–Kier alpha value is -2.51. The largest absolute Gasteiger partial charge is 0.410 e. The van der Waals surface area contributed by atoms with Gasteiger partial charge in [0.15, 0.2) is 11.7 Å². The van der Waals surface area contributed by atoms with E-state index in [1.165, 1.54) is 6.07 Å². The highest BCUT2D eigenvalue weighted by molar-refractivity contribution is 5.93. The van der Waals surface area contributed by atoms with Gasteiger partial charge in [-0.2, -0.15) is 18.3 Å². The zero-order valence-corrected chi connectivity index (χ0v) is 13.8. The van der Waals surface area contributed by atoms with Crippen molar-refractivity contribution in [3.63, 3.8) is 0 Å². The van der Waals surface area contributed by atoms with Gasteiger partial charge in [0.2, 0.25) is 0 Å². The molecule has 1 aromatic carbocycles. The molecule has 0 spiro atoms. The molecule has 2 N–H and O–H groups in total. The van der Waals surface area contributed by atoms with Crippen LogP contribution >= 0.6 is 0 Å². The van der Waals surface area contributed by atoms with E-state index in [0.717, 1.165) is 10.2 Å². The molecule has 0 aliphatic carbocycles. The van der Waals surface area contributed by atoms with Gasteiger partial charge in [-0.15, -0.1) is 0 Å². The van der Waals surface area contributed by atoms with E-state index in [-0.39, 0.29) is 24.0 Å². The number of amides is 1. The van der Waals surface area contributed by atoms with Crippen molar-refractivity contribution in [2.24, 2.45) is 0 Å². The molecule has 1 aliphatic rings. The number of hydrogen-bond acceptors (Lipinski definition) is 3. The molecule has 134 valence electrons. The van der Waals surface area contributed by atoms with Crippen molar-refractivity contribution in [2.75, 3.05) is 5.32 Å². The van der Waals surface area contributed by atoms with Crippen molar-refractivity contribution in [2.45, 2.75) is 44.6 Å². The number of aromatic nitrogens is 2. The zero-order chi connectivity index (χ0) is 18.2. The minimum atomic E-state index is -4.46. The number of carbonyl (C=O) groups excluding carboxylic acids is 1. The van der Waals surface area contributed by atoms with Gasteiger partial charge in [-0.05, 0) is 19.4 Å². The lowest BCUT2D eigenvalue weighted by molar-refractivity contribution is -0.173. The second-order valence-corrected chi connectivity index (χ2v) is 6.39. The SMILES string of the molecule is CC(C)NC(=O)c1cc2n(n1)C(C(F)(F)F)CC(c1ccccc1)N2. The quantitative estimate of drug-likeness (QED) is 0.886. The molecule has 0 saturated carbocycles. The normalized spacial score (nSPS) is 20.1. The van der Waals surface area contributed by atoms with Crippen molar-refractivity contribution in [1.29, 1.82) is 0 Å². The molecular weight excluding hydrogens is 333 g/mol. The Morgan fingerprint density at radius 2 is 2.00 bits per heavy atom. The summed E-state index contributed by atoms with van der Waals surface area (Å²) in [7, 11) is 0. The fourth-order valence-electron chi connectivity index (χ4n) is 2.92. The Kier molecular flexibility index (Phi) is 4.45. The Balaban J connectivity index is 1.96. The molecule has 3 rings (SSSR count). The summed E-state index contributed by atoms with van der Waals surface area (Å²) in [4.78, 5) is 12.1. The van der Waals surface area contributed by atoms with Gasteiger partial charge < -0.3 is 10.6 Å². The Bertz CT molecular complexity index is 755. The van der Waals surface area contributed by atoms with Crippen molar-refractivity contribution in [3.8, 4) is 0 Å². The van der Waals surface area contributed by atoms with E-state index in [1.807, 2.05) is 6.07 Å². The molecular formula is C17H19F3N4O. The van der Waals surface area contributed by atoms with E-state index in [2.05, 4.69) is 15.7 Å². The summed E-state index contributed by atoms with van der Waals surface area (Å²) in [6, 6.07) is 7.90. The number of hydrogen-bond donors (Lipinski definition) is 2. The molecule has 0 radical (unpaired) electrons. The first kappa shape index (κ1) is 17.3. The fraction of sp³-hybridized carbons (Fsp3) is 0.412. The molecule has 5 nitrogen and oxygen atoms in total. The Morgan fingerprint density at radius 3 is 2.60 bits per heavy atom. The van der Waals surface area contributed by atoms with Gasteiger partial charge in [-0.1, -0.05) is 30.3 Å². The molecule has 0 bridgehead atoms. The van der Waals surface area contributed by atoms with E-state index < -0.39 is 24.2 Å². The van der Waals surface area contributed by atoms with Crippen LogP contribution in [0.2, 0.25) is 0 Å². The minimum Gasteiger partial charge on any atom is -0.363 e. The molecule has 2 aromatic rings. The number of halogens is 3. The predicted molar refractivity (Wildman–Crippen MR) is 87.3 cm³/mol. The molecule has 0 saturated heterocycles. The monoisotopic (exact) mass is 352 g/mol. The lowest BCUT2D eigenvalue weighted by Crippen LogP contribution is -2.36. The first-order chi connectivity index (χ1) is 11.8. The van der Waals surface area contributed by atoms with Crippen LogP contribution in [0.5, 0.6) is 0 Å². The number of nitrogens with zero attached hydrogens (tertiary/aromatic N) is 2. The summed E-state index contributed by atoms with van der Waals surface area (Å²) in [6.07, 6.45) is -4.64. The second-order valence-electron chi connectivity index (χ2n) is 6.39. The predicted octanol–water partition coefficient (Wildman–Crippen LogP) is 3.68. The number of carbonyl (C=O) groups is 1. The third kappa shape index (κ3) is 3.62. The van der Waals surface area contributed by atoms with Crippen LogP contribution < -0.4 is 10.6 Å². The molecule has 2 atom stereocenters. The van der Waals surface area contributed by atoms with E-state index in [4.69, 9.17) is 0 Å². The lowest BCUT2D eigenvalue weighted by atomic mass is 9.97. The molecule has 25 heavy (non-hydrogen) atoms. The van der Waals surface area contributed by atoms with E-state index in [9.17, 15) is 18.0 Å². The Morgan fingerprint density at radius 1 is 1.32 bits per heavy atom. The Labute approximate surface area is 143 Å². The average Bonchev–Trinajstić information content (AvgIpc) is 2.97. The molecule has 2 unspecified atom stereocenters. The van der Waals surface area contributed by atoms with Crippen LogP contribution in [0.3, 0.4) is 0 Å². The third-order valence-corrected chi connectivity index (χ3v) is 4.04. The lowest BCUT2D eigenvalue weighted by Gasteiger charge is -2.33. The van der Waals surface area contributed by atoms with Crippen molar-refractivity contribution in [1.82, 2.24) is 15.1 Å². The van der Waals surface area contributed by atoms with Crippen molar-refractivity contribution < 1.29 is 18.0 Å². The second kappa shape index (κ2) is 6.42. The van der Waals surface area contributed by atoms with Crippen LogP contribution in [-0.4, -0.2) is 27.9 Å². The molecule has 1 aliphatic heterocycles. The highest BCUT2D eigenvalue weighted by atomic mass is 19.4. The van der Waals surface area contributed by atoms with E-state index in [0.29, 0.717) is 0 Å². The first-order valence-electron chi connectivity index (χ1n) is 8.04. The highest BCUT2D eigenvalue weighted by Gasteiger charge is 2.46. The van der Waals surface area contributed by atoms with Gasteiger partial charge in [-0.3, -0.25) is 4.79 Å². The smallest absolute Gasteiger partial charge is 0.363 e. The molecule has 1 amide bonds. The summed E-state index contributed by atoms with van der Waals surface area (Å²) >= 11 is 0. The number of alkyl halides is 3. The van der Waals surface area contributed by atoms with E-state index >= 15 is 0 Å². The summed E-state index contributed by atoms with van der Waals surface area (Å²) in [6.45, 7) is 3.55. The molecule has 8 heteroatoms.